The highest BCUT2D eigenvalue weighted by Gasteiger charge is 2.27. The Morgan fingerprint density at radius 3 is 2.48 bits per heavy atom. The first-order chi connectivity index (χ1) is 14.0. The summed E-state index contributed by atoms with van der Waals surface area (Å²) in [5.41, 5.74) is 2.13. The fraction of sp³-hybridized carbons (Fsp3) is 0.318. The van der Waals surface area contributed by atoms with E-state index >= 15 is 0 Å². The predicted molar refractivity (Wildman–Crippen MR) is 108 cm³/mol. The van der Waals surface area contributed by atoms with E-state index < -0.39 is 5.97 Å². The summed E-state index contributed by atoms with van der Waals surface area (Å²) < 4.78 is 11.6. The van der Waals surface area contributed by atoms with E-state index in [0.717, 1.165) is 18.4 Å². The third-order valence-electron chi connectivity index (χ3n) is 5.23. The van der Waals surface area contributed by atoms with Gasteiger partial charge in [-0.05, 0) is 68.1 Å². The lowest BCUT2D eigenvalue weighted by Gasteiger charge is -2.16. The van der Waals surface area contributed by atoms with Crippen LogP contribution >= 0.6 is 0 Å². The Bertz CT molecular complexity index is 962. The summed E-state index contributed by atoms with van der Waals surface area (Å²) >= 11 is 0. The second-order valence-electron chi connectivity index (χ2n) is 7.17. The van der Waals surface area contributed by atoms with E-state index in [1.165, 1.54) is 30.0 Å². The maximum Gasteiger partial charge on any atom is 0.335 e. The standard InChI is InChI=1S/C22H22N2O5/c1-28-19-11-8-15(12-20(19)29-17-4-2-3-5-17)18-13-21(25)24(23-18)16-9-6-14(7-10-16)22(26)27/h6-12,17H,2-5,13H2,1H3,(H,26,27). The Kier molecular flexibility index (Phi) is 5.20. The van der Waals surface area contributed by atoms with Crippen LogP contribution in [0, 0.1) is 0 Å². The minimum atomic E-state index is -1.01. The average Bonchev–Trinajstić information content (AvgIpc) is 3.37. The van der Waals surface area contributed by atoms with Crippen LogP contribution in [0.4, 0.5) is 5.69 Å². The number of carboxylic acid groups (broad SMARTS) is 1. The van der Waals surface area contributed by atoms with E-state index in [-0.39, 0.29) is 24.0 Å². The number of amides is 1. The molecule has 2 aromatic rings. The first-order valence-corrected chi connectivity index (χ1v) is 9.64. The molecular weight excluding hydrogens is 372 g/mol. The van der Waals surface area contributed by atoms with Crippen LogP contribution in [-0.4, -0.2) is 35.9 Å². The van der Waals surface area contributed by atoms with Gasteiger partial charge in [-0.3, -0.25) is 4.79 Å². The van der Waals surface area contributed by atoms with Gasteiger partial charge in [0.05, 0.1) is 36.6 Å². The van der Waals surface area contributed by atoms with Gasteiger partial charge >= 0.3 is 5.97 Å². The molecule has 1 fully saturated rings. The molecule has 1 heterocycles. The third-order valence-corrected chi connectivity index (χ3v) is 5.23. The molecule has 1 saturated carbocycles. The number of methoxy groups -OCH3 is 1. The van der Waals surface area contributed by atoms with Crippen molar-refractivity contribution in [3.63, 3.8) is 0 Å². The molecule has 0 unspecified atom stereocenters. The highest BCUT2D eigenvalue weighted by Crippen LogP contribution is 2.34. The van der Waals surface area contributed by atoms with Gasteiger partial charge in [0.15, 0.2) is 11.5 Å². The number of anilines is 1. The molecule has 1 aliphatic heterocycles. The lowest BCUT2D eigenvalue weighted by Crippen LogP contribution is -2.19. The molecule has 1 N–H and O–H groups in total. The molecule has 0 atom stereocenters. The van der Waals surface area contributed by atoms with Crippen molar-refractivity contribution in [2.75, 3.05) is 12.1 Å². The summed E-state index contributed by atoms with van der Waals surface area (Å²) in [6.07, 6.45) is 4.76. The summed E-state index contributed by atoms with van der Waals surface area (Å²) in [7, 11) is 1.61. The minimum absolute atomic E-state index is 0.161. The lowest BCUT2D eigenvalue weighted by atomic mass is 10.1. The SMILES string of the molecule is COc1ccc(C2=NN(c3ccc(C(=O)O)cc3)C(=O)C2)cc1OC1CCCC1. The second-order valence-corrected chi connectivity index (χ2v) is 7.17. The molecule has 150 valence electrons. The van der Waals surface area contributed by atoms with Crippen LogP contribution in [0.5, 0.6) is 11.5 Å². The van der Waals surface area contributed by atoms with Crippen LogP contribution < -0.4 is 14.5 Å². The van der Waals surface area contributed by atoms with Gasteiger partial charge in [-0.25, -0.2) is 9.80 Å². The number of carboxylic acids is 1. The zero-order valence-electron chi connectivity index (χ0n) is 16.1. The first-order valence-electron chi connectivity index (χ1n) is 9.64. The summed E-state index contributed by atoms with van der Waals surface area (Å²) in [5.74, 6) is 0.140. The predicted octanol–water partition coefficient (Wildman–Crippen LogP) is 3.86. The van der Waals surface area contributed by atoms with Crippen molar-refractivity contribution in [3.05, 3.63) is 53.6 Å². The van der Waals surface area contributed by atoms with E-state index in [1.54, 1.807) is 19.2 Å². The molecule has 0 radical (unpaired) electrons. The van der Waals surface area contributed by atoms with Crippen LogP contribution in [0.1, 0.15) is 48.0 Å². The summed E-state index contributed by atoms with van der Waals surface area (Å²) in [5, 5.41) is 14.8. The number of aromatic carboxylic acids is 1. The molecule has 0 aromatic heterocycles. The number of hydrazone groups is 1. The van der Waals surface area contributed by atoms with E-state index in [4.69, 9.17) is 14.6 Å². The number of nitrogens with zero attached hydrogens (tertiary/aromatic N) is 2. The van der Waals surface area contributed by atoms with Gasteiger partial charge in [0.2, 0.25) is 0 Å². The van der Waals surface area contributed by atoms with Crippen LogP contribution in [0.15, 0.2) is 47.6 Å². The monoisotopic (exact) mass is 394 g/mol. The van der Waals surface area contributed by atoms with Crippen molar-refractivity contribution in [1.29, 1.82) is 0 Å². The Morgan fingerprint density at radius 2 is 1.83 bits per heavy atom. The summed E-state index contributed by atoms with van der Waals surface area (Å²) in [6, 6.07) is 11.6. The normalized spacial score (nSPS) is 16.8. The third kappa shape index (κ3) is 3.94. The largest absolute Gasteiger partial charge is 0.493 e. The fourth-order valence-corrected chi connectivity index (χ4v) is 3.67. The quantitative estimate of drug-likeness (QED) is 0.804. The van der Waals surface area contributed by atoms with Crippen LogP contribution in [-0.2, 0) is 4.79 Å². The molecule has 0 spiro atoms. The van der Waals surface area contributed by atoms with Crippen molar-refractivity contribution in [1.82, 2.24) is 0 Å². The zero-order valence-corrected chi connectivity index (χ0v) is 16.1. The lowest BCUT2D eigenvalue weighted by molar-refractivity contribution is -0.116. The highest BCUT2D eigenvalue weighted by atomic mass is 16.5. The summed E-state index contributed by atoms with van der Waals surface area (Å²) in [4.78, 5) is 23.5. The first kappa shape index (κ1) is 19.0. The molecule has 29 heavy (non-hydrogen) atoms. The fourth-order valence-electron chi connectivity index (χ4n) is 3.67. The Hall–Kier alpha value is -3.35. The zero-order chi connectivity index (χ0) is 20.4. The van der Waals surface area contributed by atoms with Crippen molar-refractivity contribution >= 4 is 23.3 Å². The van der Waals surface area contributed by atoms with Crippen molar-refractivity contribution < 1.29 is 24.2 Å². The number of benzene rings is 2. The molecule has 2 aliphatic rings. The maximum absolute atomic E-state index is 12.5. The Labute approximate surface area is 168 Å². The number of carbonyl (C=O) groups excluding carboxylic acids is 1. The van der Waals surface area contributed by atoms with E-state index in [9.17, 15) is 9.59 Å². The van der Waals surface area contributed by atoms with Crippen molar-refractivity contribution in [2.45, 2.75) is 38.2 Å². The Morgan fingerprint density at radius 1 is 1.10 bits per heavy atom. The van der Waals surface area contributed by atoms with Crippen molar-refractivity contribution in [3.8, 4) is 11.5 Å². The number of carbonyl (C=O) groups is 2. The maximum atomic E-state index is 12.5. The molecule has 4 rings (SSSR count). The molecule has 1 aliphatic carbocycles. The molecule has 2 aromatic carbocycles. The Balaban J connectivity index is 1.59. The van der Waals surface area contributed by atoms with Crippen LogP contribution in [0.25, 0.3) is 0 Å². The number of hydrogen-bond donors (Lipinski definition) is 1. The van der Waals surface area contributed by atoms with Gasteiger partial charge in [-0.15, -0.1) is 0 Å². The van der Waals surface area contributed by atoms with Gasteiger partial charge in [-0.1, -0.05) is 0 Å². The molecule has 0 bridgehead atoms. The molecule has 7 nitrogen and oxygen atoms in total. The average molecular weight is 394 g/mol. The van der Waals surface area contributed by atoms with E-state index in [1.807, 2.05) is 18.2 Å². The van der Waals surface area contributed by atoms with Gasteiger partial charge in [0.1, 0.15) is 0 Å². The van der Waals surface area contributed by atoms with Crippen LogP contribution in [0.3, 0.4) is 0 Å². The number of rotatable bonds is 6. The van der Waals surface area contributed by atoms with Crippen molar-refractivity contribution in [2.24, 2.45) is 5.10 Å². The van der Waals surface area contributed by atoms with E-state index in [0.29, 0.717) is 22.9 Å². The van der Waals surface area contributed by atoms with Gasteiger partial charge in [0, 0.05) is 5.56 Å². The molecular formula is C22H22N2O5. The minimum Gasteiger partial charge on any atom is -0.493 e. The topological polar surface area (TPSA) is 88.4 Å². The highest BCUT2D eigenvalue weighted by molar-refractivity contribution is 6.19. The molecule has 1 amide bonds. The summed E-state index contributed by atoms with van der Waals surface area (Å²) in [6.45, 7) is 0. The smallest absolute Gasteiger partial charge is 0.335 e. The number of ether oxygens (including phenoxy) is 2. The van der Waals surface area contributed by atoms with Gasteiger partial charge < -0.3 is 14.6 Å². The second kappa shape index (κ2) is 7.95. The van der Waals surface area contributed by atoms with Gasteiger partial charge in [0.25, 0.3) is 5.91 Å². The molecule has 0 saturated heterocycles. The molecule has 7 heteroatoms. The van der Waals surface area contributed by atoms with Crippen LogP contribution in [0.2, 0.25) is 0 Å². The number of hydrogen-bond acceptors (Lipinski definition) is 5. The van der Waals surface area contributed by atoms with E-state index in [2.05, 4.69) is 5.10 Å². The van der Waals surface area contributed by atoms with Gasteiger partial charge in [-0.2, -0.15) is 5.10 Å².